The summed E-state index contributed by atoms with van der Waals surface area (Å²) >= 11 is 0. The van der Waals surface area contributed by atoms with E-state index in [1.54, 1.807) is 17.4 Å². The number of carbonyl (C=O) groups excluding carboxylic acids is 1. The molecule has 1 amide bonds. The Bertz CT molecular complexity index is 394. The Morgan fingerprint density at radius 2 is 2.16 bits per heavy atom. The first-order valence-corrected chi connectivity index (χ1v) is 7.14. The molecule has 1 heterocycles. The maximum atomic E-state index is 12.3. The summed E-state index contributed by atoms with van der Waals surface area (Å²) in [6.07, 6.45) is 8.24. The summed E-state index contributed by atoms with van der Waals surface area (Å²) in [6.45, 7) is 3.17. The van der Waals surface area contributed by atoms with E-state index < -0.39 is 5.60 Å². The van der Waals surface area contributed by atoms with Gasteiger partial charge in [-0.1, -0.05) is 19.3 Å². The van der Waals surface area contributed by atoms with Crippen molar-refractivity contribution in [1.29, 1.82) is 0 Å². The minimum Gasteiger partial charge on any atom is -0.472 e. The van der Waals surface area contributed by atoms with Gasteiger partial charge >= 0.3 is 0 Å². The zero-order chi connectivity index (χ0) is 13.7. The van der Waals surface area contributed by atoms with Crippen LogP contribution in [-0.2, 0) is 11.3 Å². The Hall–Kier alpha value is -1.29. The molecule has 4 heteroatoms. The molecule has 0 saturated heterocycles. The number of hydrogen-bond acceptors (Lipinski definition) is 3. The van der Waals surface area contributed by atoms with Crippen LogP contribution < -0.4 is 0 Å². The Labute approximate surface area is 114 Å². The molecule has 0 aliphatic heterocycles. The molecule has 1 aromatic heterocycles. The summed E-state index contributed by atoms with van der Waals surface area (Å²) in [4.78, 5) is 14.1. The van der Waals surface area contributed by atoms with Crippen LogP contribution in [0.1, 0.15) is 51.0 Å². The average Bonchev–Trinajstić information content (AvgIpc) is 2.89. The van der Waals surface area contributed by atoms with Crippen molar-refractivity contribution in [2.24, 2.45) is 0 Å². The van der Waals surface area contributed by atoms with Gasteiger partial charge in [0.2, 0.25) is 5.91 Å². The molecule has 1 aromatic rings. The van der Waals surface area contributed by atoms with E-state index in [9.17, 15) is 9.90 Å². The number of furan rings is 1. The first-order valence-electron chi connectivity index (χ1n) is 7.14. The Morgan fingerprint density at radius 3 is 2.74 bits per heavy atom. The molecule has 0 unspecified atom stereocenters. The van der Waals surface area contributed by atoms with E-state index in [0.29, 0.717) is 13.1 Å². The molecule has 0 spiro atoms. The molecular formula is C15H23NO3. The van der Waals surface area contributed by atoms with Gasteiger partial charge in [0.1, 0.15) is 0 Å². The van der Waals surface area contributed by atoms with Gasteiger partial charge < -0.3 is 14.4 Å². The van der Waals surface area contributed by atoms with Gasteiger partial charge in [-0.05, 0) is 25.8 Å². The Morgan fingerprint density at radius 1 is 1.42 bits per heavy atom. The van der Waals surface area contributed by atoms with Crippen LogP contribution in [0.3, 0.4) is 0 Å². The zero-order valence-corrected chi connectivity index (χ0v) is 11.6. The van der Waals surface area contributed by atoms with Crippen molar-refractivity contribution in [2.75, 3.05) is 6.54 Å². The highest BCUT2D eigenvalue weighted by molar-refractivity contribution is 5.77. The molecule has 0 bridgehead atoms. The van der Waals surface area contributed by atoms with Gasteiger partial charge in [0, 0.05) is 18.7 Å². The number of rotatable bonds is 5. The molecule has 0 aromatic carbocycles. The van der Waals surface area contributed by atoms with Crippen molar-refractivity contribution in [3.63, 3.8) is 0 Å². The quantitative estimate of drug-likeness (QED) is 0.890. The van der Waals surface area contributed by atoms with E-state index in [4.69, 9.17) is 4.42 Å². The molecule has 1 fully saturated rings. The molecular weight excluding hydrogens is 242 g/mol. The summed E-state index contributed by atoms with van der Waals surface area (Å²) < 4.78 is 5.02. The molecule has 4 nitrogen and oxygen atoms in total. The number of hydrogen-bond donors (Lipinski definition) is 1. The first kappa shape index (κ1) is 14.1. The monoisotopic (exact) mass is 265 g/mol. The van der Waals surface area contributed by atoms with Crippen molar-refractivity contribution >= 4 is 5.91 Å². The highest BCUT2D eigenvalue weighted by atomic mass is 16.3. The van der Waals surface area contributed by atoms with Crippen LogP contribution in [0.5, 0.6) is 0 Å². The SMILES string of the molecule is CCN(Cc1ccoc1)C(=O)CC1(O)CCCCC1. The zero-order valence-electron chi connectivity index (χ0n) is 11.6. The highest BCUT2D eigenvalue weighted by Gasteiger charge is 2.33. The van der Waals surface area contributed by atoms with Crippen LogP contribution in [0.2, 0.25) is 0 Å². The molecule has 0 atom stereocenters. The number of amides is 1. The van der Waals surface area contributed by atoms with E-state index >= 15 is 0 Å². The van der Waals surface area contributed by atoms with Gasteiger partial charge in [-0.3, -0.25) is 4.79 Å². The van der Waals surface area contributed by atoms with Gasteiger partial charge in [0.25, 0.3) is 0 Å². The van der Waals surface area contributed by atoms with Crippen LogP contribution in [-0.4, -0.2) is 28.1 Å². The predicted octanol–water partition coefficient (Wildman–Crippen LogP) is 2.71. The standard InChI is InChI=1S/C15H23NO3/c1-2-16(11-13-6-9-19-12-13)14(17)10-15(18)7-4-3-5-8-15/h6,9,12,18H,2-5,7-8,10-11H2,1H3. The molecule has 2 rings (SSSR count). The lowest BCUT2D eigenvalue weighted by Crippen LogP contribution is -2.40. The largest absolute Gasteiger partial charge is 0.472 e. The van der Waals surface area contributed by atoms with Crippen molar-refractivity contribution in [3.05, 3.63) is 24.2 Å². The van der Waals surface area contributed by atoms with Gasteiger partial charge in [-0.2, -0.15) is 0 Å². The summed E-state index contributed by atoms with van der Waals surface area (Å²) in [5.41, 5.74) is 0.213. The molecule has 1 aliphatic carbocycles. The van der Waals surface area contributed by atoms with E-state index in [0.717, 1.165) is 31.2 Å². The maximum absolute atomic E-state index is 12.3. The molecule has 1 N–H and O–H groups in total. The van der Waals surface area contributed by atoms with Crippen molar-refractivity contribution < 1.29 is 14.3 Å². The van der Waals surface area contributed by atoms with Crippen molar-refractivity contribution in [3.8, 4) is 0 Å². The van der Waals surface area contributed by atoms with Gasteiger partial charge in [-0.15, -0.1) is 0 Å². The summed E-state index contributed by atoms with van der Waals surface area (Å²) in [7, 11) is 0. The van der Waals surface area contributed by atoms with E-state index in [-0.39, 0.29) is 12.3 Å². The maximum Gasteiger partial charge on any atom is 0.225 e. The van der Waals surface area contributed by atoms with E-state index in [1.807, 2.05) is 13.0 Å². The fourth-order valence-electron chi connectivity index (χ4n) is 2.76. The Balaban J connectivity index is 1.92. The number of nitrogens with zero attached hydrogens (tertiary/aromatic N) is 1. The molecule has 106 valence electrons. The molecule has 1 aliphatic rings. The lowest BCUT2D eigenvalue weighted by molar-refractivity contribution is -0.138. The average molecular weight is 265 g/mol. The number of aliphatic hydroxyl groups is 1. The minimum atomic E-state index is -0.779. The fraction of sp³-hybridized carbons (Fsp3) is 0.667. The molecule has 19 heavy (non-hydrogen) atoms. The second-order valence-electron chi connectivity index (χ2n) is 5.50. The van der Waals surface area contributed by atoms with E-state index in [1.165, 1.54) is 6.42 Å². The van der Waals surface area contributed by atoms with Crippen LogP contribution in [0, 0.1) is 0 Å². The summed E-state index contributed by atoms with van der Waals surface area (Å²) in [5.74, 6) is 0.0353. The van der Waals surface area contributed by atoms with Gasteiger partial charge in [0.15, 0.2) is 0 Å². The van der Waals surface area contributed by atoms with E-state index in [2.05, 4.69) is 0 Å². The third-order valence-electron chi connectivity index (χ3n) is 3.95. The van der Waals surface area contributed by atoms with Crippen LogP contribution in [0.4, 0.5) is 0 Å². The normalized spacial score (nSPS) is 18.2. The van der Waals surface area contributed by atoms with Crippen LogP contribution in [0.25, 0.3) is 0 Å². The number of carbonyl (C=O) groups is 1. The second kappa shape index (κ2) is 6.24. The third kappa shape index (κ3) is 3.83. The summed E-state index contributed by atoms with van der Waals surface area (Å²) in [6, 6.07) is 1.87. The lowest BCUT2D eigenvalue weighted by Gasteiger charge is -2.33. The first-order chi connectivity index (χ1) is 9.13. The molecule has 1 saturated carbocycles. The van der Waals surface area contributed by atoms with Crippen LogP contribution >= 0.6 is 0 Å². The van der Waals surface area contributed by atoms with Crippen molar-refractivity contribution in [2.45, 2.75) is 57.6 Å². The highest BCUT2D eigenvalue weighted by Crippen LogP contribution is 2.31. The fourth-order valence-corrected chi connectivity index (χ4v) is 2.76. The van der Waals surface area contributed by atoms with Gasteiger partial charge in [0.05, 0.1) is 24.5 Å². The third-order valence-corrected chi connectivity index (χ3v) is 3.95. The second-order valence-corrected chi connectivity index (χ2v) is 5.50. The lowest BCUT2D eigenvalue weighted by atomic mass is 9.82. The summed E-state index contributed by atoms with van der Waals surface area (Å²) in [5, 5.41) is 10.4. The topological polar surface area (TPSA) is 53.7 Å². The smallest absolute Gasteiger partial charge is 0.225 e. The van der Waals surface area contributed by atoms with Gasteiger partial charge in [-0.25, -0.2) is 0 Å². The van der Waals surface area contributed by atoms with Crippen LogP contribution in [0.15, 0.2) is 23.0 Å². The van der Waals surface area contributed by atoms with Crippen molar-refractivity contribution in [1.82, 2.24) is 4.90 Å². The molecule has 0 radical (unpaired) electrons. The predicted molar refractivity (Wildman–Crippen MR) is 72.5 cm³/mol. The Kier molecular flexibility index (Phi) is 4.64. The minimum absolute atomic E-state index is 0.0353.